The number of carbonyl (C=O) groups excluding carboxylic acids is 2. The van der Waals surface area contributed by atoms with E-state index in [-0.39, 0.29) is 5.57 Å². The summed E-state index contributed by atoms with van der Waals surface area (Å²) in [4.78, 5) is 22.3. The van der Waals surface area contributed by atoms with Gasteiger partial charge in [0.05, 0.1) is 7.11 Å². The number of aliphatic hydroxyl groups is 1. The van der Waals surface area contributed by atoms with Crippen LogP contribution in [0.3, 0.4) is 0 Å². The average molecular weight is 220 g/mol. The zero-order valence-electron chi connectivity index (χ0n) is 8.84. The van der Waals surface area contributed by atoms with E-state index in [1.807, 2.05) is 0 Å². The number of benzene rings is 1. The van der Waals surface area contributed by atoms with Gasteiger partial charge in [-0.2, -0.15) is 0 Å². The average Bonchev–Trinajstić information content (AvgIpc) is 2.36. The van der Waals surface area contributed by atoms with Crippen molar-refractivity contribution in [2.24, 2.45) is 0 Å². The summed E-state index contributed by atoms with van der Waals surface area (Å²) in [6.07, 6.45) is -1.19. The Morgan fingerprint density at radius 3 is 2.38 bits per heavy atom. The first-order valence-electron chi connectivity index (χ1n) is 4.62. The van der Waals surface area contributed by atoms with Crippen molar-refractivity contribution in [2.75, 3.05) is 7.11 Å². The Kier molecular flexibility index (Phi) is 3.96. The summed E-state index contributed by atoms with van der Waals surface area (Å²) in [5.41, 5.74) is 0.308. The number of esters is 1. The molecule has 0 spiro atoms. The Labute approximate surface area is 93.2 Å². The molecule has 0 aliphatic carbocycles. The van der Waals surface area contributed by atoms with Gasteiger partial charge in [0.1, 0.15) is 6.10 Å². The second kappa shape index (κ2) is 5.23. The van der Waals surface area contributed by atoms with Crippen LogP contribution in [0, 0.1) is 0 Å². The molecule has 0 heterocycles. The molecule has 1 atom stereocenters. The maximum Gasteiger partial charge on any atom is 0.379 e. The lowest BCUT2D eigenvalue weighted by Crippen LogP contribution is -2.21. The van der Waals surface area contributed by atoms with Gasteiger partial charge in [0.2, 0.25) is 0 Å². The van der Waals surface area contributed by atoms with Gasteiger partial charge >= 0.3 is 5.97 Å². The van der Waals surface area contributed by atoms with E-state index in [1.165, 1.54) is 0 Å². The number of hydrogen-bond acceptors (Lipinski definition) is 4. The lowest BCUT2D eigenvalue weighted by Gasteiger charge is -2.11. The highest BCUT2D eigenvalue weighted by Crippen LogP contribution is 2.20. The Morgan fingerprint density at radius 2 is 1.88 bits per heavy atom. The molecule has 1 aromatic rings. The van der Waals surface area contributed by atoms with Gasteiger partial charge in [0.15, 0.2) is 0 Å². The smallest absolute Gasteiger partial charge is 0.379 e. The van der Waals surface area contributed by atoms with E-state index in [1.54, 1.807) is 30.3 Å². The van der Waals surface area contributed by atoms with Crippen LogP contribution in [-0.2, 0) is 14.3 Å². The fraction of sp³-hybridized carbons (Fsp3) is 0.167. The van der Waals surface area contributed by atoms with E-state index in [4.69, 9.17) is 0 Å². The van der Waals surface area contributed by atoms with Gasteiger partial charge in [0.25, 0.3) is 5.78 Å². The minimum atomic E-state index is -1.19. The number of carbonyl (C=O) groups is 2. The Balaban J connectivity index is 2.83. The number of aliphatic hydroxyl groups excluding tert-OH is 1. The lowest BCUT2D eigenvalue weighted by atomic mass is 10.00. The second-order valence-electron chi connectivity index (χ2n) is 3.16. The molecule has 0 saturated carbocycles. The van der Waals surface area contributed by atoms with Crippen molar-refractivity contribution in [3.8, 4) is 0 Å². The first-order chi connectivity index (χ1) is 7.57. The van der Waals surface area contributed by atoms with Crippen molar-refractivity contribution in [3.05, 3.63) is 48.0 Å². The van der Waals surface area contributed by atoms with Crippen molar-refractivity contribution in [2.45, 2.75) is 6.10 Å². The van der Waals surface area contributed by atoms with Crippen LogP contribution >= 0.6 is 0 Å². The van der Waals surface area contributed by atoms with E-state index >= 15 is 0 Å². The third kappa shape index (κ3) is 2.55. The van der Waals surface area contributed by atoms with Crippen molar-refractivity contribution >= 4 is 11.8 Å². The van der Waals surface area contributed by atoms with E-state index in [9.17, 15) is 14.7 Å². The SMILES string of the molecule is C=C(C(=O)C(=O)OC)[C@H](O)c1ccccc1. The summed E-state index contributed by atoms with van der Waals surface area (Å²) in [6, 6.07) is 8.49. The third-order valence-corrected chi connectivity index (χ3v) is 2.11. The fourth-order valence-corrected chi connectivity index (χ4v) is 1.18. The Morgan fingerprint density at radius 1 is 1.31 bits per heavy atom. The van der Waals surface area contributed by atoms with Gasteiger partial charge in [-0.25, -0.2) is 4.79 Å². The molecule has 84 valence electrons. The molecule has 1 aromatic carbocycles. The number of Topliss-reactive ketones (excluding diaryl/α,β-unsaturated/α-hetero) is 1. The highest BCUT2D eigenvalue weighted by atomic mass is 16.5. The molecule has 0 aliphatic rings. The van der Waals surface area contributed by atoms with Crippen LogP contribution in [0.25, 0.3) is 0 Å². The van der Waals surface area contributed by atoms with Crippen molar-refractivity contribution in [1.82, 2.24) is 0 Å². The summed E-state index contributed by atoms with van der Waals surface area (Å²) >= 11 is 0. The summed E-state index contributed by atoms with van der Waals surface area (Å²) in [7, 11) is 1.10. The van der Waals surface area contributed by atoms with Crippen LogP contribution in [0.5, 0.6) is 0 Å². The van der Waals surface area contributed by atoms with E-state index < -0.39 is 17.9 Å². The van der Waals surface area contributed by atoms with E-state index in [0.29, 0.717) is 5.56 Å². The highest BCUT2D eigenvalue weighted by molar-refractivity contribution is 6.40. The summed E-state index contributed by atoms with van der Waals surface area (Å²) in [6.45, 7) is 3.40. The maximum atomic E-state index is 11.4. The van der Waals surface area contributed by atoms with Crippen LogP contribution in [-0.4, -0.2) is 24.0 Å². The van der Waals surface area contributed by atoms with E-state index in [0.717, 1.165) is 7.11 Å². The maximum absolute atomic E-state index is 11.4. The first-order valence-corrected chi connectivity index (χ1v) is 4.62. The van der Waals surface area contributed by atoms with Crippen molar-refractivity contribution in [3.63, 3.8) is 0 Å². The number of rotatable bonds is 4. The molecule has 4 heteroatoms. The largest absolute Gasteiger partial charge is 0.463 e. The molecule has 0 aliphatic heterocycles. The molecular weight excluding hydrogens is 208 g/mol. The monoisotopic (exact) mass is 220 g/mol. The van der Waals surface area contributed by atoms with Crippen LogP contribution in [0.4, 0.5) is 0 Å². The van der Waals surface area contributed by atoms with Gasteiger partial charge in [-0.1, -0.05) is 36.9 Å². The van der Waals surface area contributed by atoms with Crippen LogP contribution in [0.2, 0.25) is 0 Å². The predicted molar refractivity (Wildman–Crippen MR) is 57.6 cm³/mol. The zero-order chi connectivity index (χ0) is 12.1. The van der Waals surface area contributed by atoms with Crippen molar-refractivity contribution < 1.29 is 19.4 Å². The normalized spacial score (nSPS) is 11.6. The number of methoxy groups -OCH3 is 1. The summed E-state index contributed by atoms with van der Waals surface area (Å²) in [5.74, 6) is -1.95. The number of ether oxygens (including phenoxy) is 1. The number of hydrogen-bond donors (Lipinski definition) is 1. The molecule has 1 rings (SSSR count). The molecule has 4 nitrogen and oxygen atoms in total. The van der Waals surface area contributed by atoms with Gasteiger partial charge in [0, 0.05) is 5.57 Å². The van der Waals surface area contributed by atoms with Gasteiger partial charge < -0.3 is 9.84 Å². The molecule has 0 bridgehead atoms. The molecular formula is C12H12O4. The first kappa shape index (κ1) is 12.1. The summed E-state index contributed by atoms with van der Waals surface area (Å²) in [5, 5.41) is 9.78. The third-order valence-electron chi connectivity index (χ3n) is 2.11. The van der Waals surface area contributed by atoms with Gasteiger partial charge in [-0.05, 0) is 5.56 Å². The topological polar surface area (TPSA) is 63.6 Å². The number of ketones is 1. The minimum Gasteiger partial charge on any atom is -0.463 e. The molecule has 1 N–H and O–H groups in total. The molecule has 0 aromatic heterocycles. The predicted octanol–water partition coefficient (Wildman–Crippen LogP) is 1.02. The lowest BCUT2D eigenvalue weighted by molar-refractivity contribution is -0.150. The quantitative estimate of drug-likeness (QED) is 0.467. The zero-order valence-corrected chi connectivity index (χ0v) is 8.84. The standard InChI is InChI=1S/C12H12O4/c1-8(11(14)12(15)16-2)10(13)9-6-4-3-5-7-9/h3-7,10,13H,1H2,2H3/t10-/m0/s1. The van der Waals surface area contributed by atoms with Crippen LogP contribution in [0.1, 0.15) is 11.7 Å². The van der Waals surface area contributed by atoms with E-state index in [2.05, 4.69) is 11.3 Å². The highest BCUT2D eigenvalue weighted by Gasteiger charge is 2.24. The van der Waals surface area contributed by atoms with Crippen molar-refractivity contribution in [1.29, 1.82) is 0 Å². The molecule has 16 heavy (non-hydrogen) atoms. The molecule has 0 unspecified atom stereocenters. The fourth-order valence-electron chi connectivity index (χ4n) is 1.18. The molecule has 0 fully saturated rings. The molecule has 0 radical (unpaired) electrons. The Bertz CT molecular complexity index is 408. The second-order valence-corrected chi connectivity index (χ2v) is 3.16. The minimum absolute atomic E-state index is 0.196. The van der Waals surface area contributed by atoms with Crippen LogP contribution in [0.15, 0.2) is 42.5 Å². The summed E-state index contributed by atoms with van der Waals surface area (Å²) < 4.78 is 4.26. The van der Waals surface area contributed by atoms with Gasteiger partial charge in [-0.3, -0.25) is 4.79 Å². The Hall–Kier alpha value is -1.94. The molecule has 0 amide bonds. The van der Waals surface area contributed by atoms with Gasteiger partial charge in [-0.15, -0.1) is 0 Å². The van der Waals surface area contributed by atoms with Crippen LogP contribution < -0.4 is 0 Å². The molecule has 0 saturated heterocycles.